The lowest BCUT2D eigenvalue weighted by molar-refractivity contribution is -0.384. The lowest BCUT2D eigenvalue weighted by atomic mass is 9.87. The van der Waals surface area contributed by atoms with Gasteiger partial charge in [0.05, 0.1) is 11.5 Å². The smallest absolute Gasteiger partial charge is 0.271 e. The lowest BCUT2D eigenvalue weighted by Gasteiger charge is -2.21. The molecule has 170 valence electrons. The maximum Gasteiger partial charge on any atom is 0.271 e. The van der Waals surface area contributed by atoms with Crippen molar-refractivity contribution in [1.82, 2.24) is 0 Å². The van der Waals surface area contributed by atoms with Crippen molar-refractivity contribution in [2.75, 3.05) is 17.2 Å². The van der Waals surface area contributed by atoms with Gasteiger partial charge in [-0.3, -0.25) is 19.7 Å². The first kappa shape index (κ1) is 23.2. The van der Waals surface area contributed by atoms with E-state index in [9.17, 15) is 19.7 Å². The number of amides is 2. The zero-order chi connectivity index (χ0) is 22.8. The minimum absolute atomic E-state index is 0.000397. The first-order valence-electron chi connectivity index (χ1n) is 11.1. The van der Waals surface area contributed by atoms with Crippen LogP contribution in [-0.4, -0.2) is 23.3 Å². The lowest BCUT2D eigenvalue weighted by Crippen LogP contribution is -2.17. The molecule has 32 heavy (non-hydrogen) atoms. The third kappa shape index (κ3) is 7.68. The molecule has 2 aromatic carbocycles. The zero-order valence-electron chi connectivity index (χ0n) is 18.0. The van der Waals surface area contributed by atoms with Crippen molar-refractivity contribution >= 4 is 28.9 Å². The van der Waals surface area contributed by atoms with Gasteiger partial charge in [0.15, 0.2) is 0 Å². The molecule has 0 unspecified atom stereocenters. The second-order valence-electron chi connectivity index (χ2n) is 8.07. The third-order valence-corrected chi connectivity index (χ3v) is 5.58. The first-order valence-corrected chi connectivity index (χ1v) is 11.1. The molecule has 1 aliphatic rings. The second kappa shape index (κ2) is 11.8. The van der Waals surface area contributed by atoms with Crippen LogP contribution in [0.4, 0.5) is 17.1 Å². The minimum atomic E-state index is -0.532. The van der Waals surface area contributed by atoms with E-state index in [2.05, 4.69) is 10.6 Å². The number of nitrogens with zero attached hydrogens (tertiary/aromatic N) is 1. The van der Waals surface area contributed by atoms with Gasteiger partial charge in [-0.15, -0.1) is 0 Å². The number of rotatable bonds is 10. The van der Waals surface area contributed by atoms with Gasteiger partial charge in [0.1, 0.15) is 5.75 Å². The average molecular weight is 440 g/mol. The van der Waals surface area contributed by atoms with E-state index in [4.69, 9.17) is 4.74 Å². The number of nitro benzene ring substituents is 1. The summed E-state index contributed by atoms with van der Waals surface area (Å²) in [6.07, 6.45) is 7.67. The van der Waals surface area contributed by atoms with Gasteiger partial charge < -0.3 is 15.4 Å². The van der Waals surface area contributed by atoms with E-state index in [1.807, 2.05) is 12.1 Å². The van der Waals surface area contributed by atoms with E-state index in [-0.39, 0.29) is 30.3 Å². The predicted molar refractivity (Wildman–Crippen MR) is 123 cm³/mol. The van der Waals surface area contributed by atoms with Crippen molar-refractivity contribution in [2.24, 2.45) is 5.92 Å². The summed E-state index contributed by atoms with van der Waals surface area (Å²) < 4.78 is 5.82. The normalized spacial score (nSPS) is 13.9. The molecule has 2 amide bonds. The van der Waals surface area contributed by atoms with Crippen molar-refractivity contribution in [3.05, 3.63) is 58.6 Å². The standard InChI is InChI=1S/C24H29N3O5/c28-23(13-14-24(29)26-20-7-4-8-21(17-20)27(30)31)25-19-9-11-22(12-10-19)32-16-15-18-5-2-1-3-6-18/h4,7-12,17-18H,1-3,5-6,13-16H2,(H,25,28)(H,26,29). The predicted octanol–water partition coefficient (Wildman–Crippen LogP) is 5.30. The number of nitro groups is 1. The Morgan fingerprint density at radius 2 is 1.59 bits per heavy atom. The third-order valence-electron chi connectivity index (χ3n) is 5.58. The van der Waals surface area contributed by atoms with Crippen LogP contribution in [0.1, 0.15) is 51.4 Å². The van der Waals surface area contributed by atoms with Crippen molar-refractivity contribution in [2.45, 2.75) is 51.4 Å². The molecule has 0 spiro atoms. The molecule has 0 saturated heterocycles. The van der Waals surface area contributed by atoms with Crippen LogP contribution in [0.2, 0.25) is 0 Å². The van der Waals surface area contributed by atoms with E-state index in [0.29, 0.717) is 18.0 Å². The van der Waals surface area contributed by atoms with Gasteiger partial charge in [0.2, 0.25) is 11.8 Å². The number of non-ortho nitro benzene ring substituents is 1. The fraction of sp³-hybridized carbons (Fsp3) is 0.417. The number of carbonyl (C=O) groups is 2. The number of nitrogens with one attached hydrogen (secondary N) is 2. The average Bonchev–Trinajstić information content (AvgIpc) is 2.80. The number of ether oxygens (including phenoxy) is 1. The van der Waals surface area contributed by atoms with E-state index < -0.39 is 4.92 Å². The molecule has 8 nitrogen and oxygen atoms in total. The minimum Gasteiger partial charge on any atom is -0.494 e. The Hall–Kier alpha value is -3.42. The molecule has 0 aromatic heterocycles. The molecule has 2 aromatic rings. The van der Waals surface area contributed by atoms with E-state index in [1.165, 1.54) is 50.3 Å². The van der Waals surface area contributed by atoms with Gasteiger partial charge in [-0.1, -0.05) is 38.2 Å². The number of hydrogen-bond donors (Lipinski definition) is 2. The summed E-state index contributed by atoms with van der Waals surface area (Å²) in [6, 6.07) is 12.9. The SMILES string of the molecule is O=C(CCC(=O)Nc1cccc([N+](=O)[O-])c1)Nc1ccc(OCCC2CCCCC2)cc1. The summed E-state index contributed by atoms with van der Waals surface area (Å²) in [6.45, 7) is 0.704. The Morgan fingerprint density at radius 1 is 0.938 bits per heavy atom. The van der Waals surface area contributed by atoms with Crippen LogP contribution in [0, 0.1) is 16.0 Å². The van der Waals surface area contributed by atoms with E-state index in [1.54, 1.807) is 18.2 Å². The van der Waals surface area contributed by atoms with Crippen LogP contribution >= 0.6 is 0 Å². The van der Waals surface area contributed by atoms with Crippen LogP contribution in [0.15, 0.2) is 48.5 Å². The molecule has 0 radical (unpaired) electrons. The fourth-order valence-corrected chi connectivity index (χ4v) is 3.83. The molecule has 2 N–H and O–H groups in total. The molecule has 1 saturated carbocycles. The molecule has 1 aliphatic carbocycles. The molecule has 1 fully saturated rings. The van der Waals surface area contributed by atoms with Gasteiger partial charge in [-0.25, -0.2) is 0 Å². The maximum atomic E-state index is 12.1. The summed E-state index contributed by atoms with van der Waals surface area (Å²) in [5.41, 5.74) is 0.847. The van der Waals surface area contributed by atoms with Gasteiger partial charge >= 0.3 is 0 Å². The van der Waals surface area contributed by atoms with Gasteiger partial charge in [-0.05, 0) is 42.7 Å². The molecule has 0 aliphatic heterocycles. The molecule has 3 rings (SSSR count). The van der Waals surface area contributed by atoms with Crippen LogP contribution in [-0.2, 0) is 9.59 Å². The van der Waals surface area contributed by atoms with Gasteiger partial charge in [0, 0.05) is 36.3 Å². The summed E-state index contributed by atoms with van der Waals surface area (Å²) in [7, 11) is 0. The maximum absolute atomic E-state index is 12.1. The summed E-state index contributed by atoms with van der Waals surface area (Å²) in [4.78, 5) is 34.4. The van der Waals surface area contributed by atoms with Crippen LogP contribution in [0.5, 0.6) is 5.75 Å². The highest BCUT2D eigenvalue weighted by molar-refractivity contribution is 5.96. The highest BCUT2D eigenvalue weighted by Gasteiger charge is 2.13. The largest absolute Gasteiger partial charge is 0.494 e. The number of benzene rings is 2. The Balaban J connectivity index is 1.36. The number of carbonyl (C=O) groups excluding carboxylic acids is 2. The molecule has 0 bridgehead atoms. The second-order valence-corrected chi connectivity index (χ2v) is 8.07. The van der Waals surface area contributed by atoms with Crippen molar-refractivity contribution in [3.8, 4) is 5.75 Å². The summed E-state index contributed by atoms with van der Waals surface area (Å²) in [5, 5.41) is 16.1. The Kier molecular flexibility index (Phi) is 8.60. The Bertz CT molecular complexity index is 923. The summed E-state index contributed by atoms with van der Waals surface area (Å²) in [5.74, 6) is 0.874. The zero-order valence-corrected chi connectivity index (χ0v) is 18.0. The molecular formula is C24H29N3O5. The van der Waals surface area contributed by atoms with Gasteiger partial charge in [-0.2, -0.15) is 0 Å². The molecule has 0 atom stereocenters. The summed E-state index contributed by atoms with van der Waals surface area (Å²) >= 11 is 0. The van der Waals surface area contributed by atoms with Gasteiger partial charge in [0.25, 0.3) is 5.69 Å². The molecule has 8 heteroatoms. The van der Waals surface area contributed by atoms with Crippen LogP contribution < -0.4 is 15.4 Å². The highest BCUT2D eigenvalue weighted by Crippen LogP contribution is 2.26. The topological polar surface area (TPSA) is 111 Å². The Labute approximate surface area is 187 Å². The molecular weight excluding hydrogens is 410 g/mol. The number of hydrogen-bond acceptors (Lipinski definition) is 5. The van der Waals surface area contributed by atoms with Crippen molar-refractivity contribution < 1.29 is 19.2 Å². The van der Waals surface area contributed by atoms with Crippen LogP contribution in [0.3, 0.4) is 0 Å². The van der Waals surface area contributed by atoms with E-state index >= 15 is 0 Å². The van der Waals surface area contributed by atoms with Crippen molar-refractivity contribution in [1.29, 1.82) is 0 Å². The van der Waals surface area contributed by atoms with Crippen LogP contribution in [0.25, 0.3) is 0 Å². The van der Waals surface area contributed by atoms with Crippen molar-refractivity contribution in [3.63, 3.8) is 0 Å². The quantitative estimate of drug-likeness (QED) is 0.385. The Morgan fingerprint density at radius 3 is 2.25 bits per heavy atom. The van der Waals surface area contributed by atoms with E-state index in [0.717, 1.165) is 18.1 Å². The highest BCUT2D eigenvalue weighted by atomic mass is 16.6. The first-order chi connectivity index (χ1) is 15.5. The number of anilines is 2. The molecule has 0 heterocycles. The fourth-order valence-electron chi connectivity index (χ4n) is 3.83. The monoisotopic (exact) mass is 439 g/mol.